The van der Waals surface area contributed by atoms with Crippen molar-refractivity contribution < 1.29 is 194 Å². The van der Waals surface area contributed by atoms with Gasteiger partial charge in [-0.2, -0.15) is 189 Å². The third-order valence-electron chi connectivity index (χ3n) is 7.83. The zero-order valence-electron chi connectivity index (χ0n) is 27.2. The van der Waals surface area contributed by atoms with E-state index in [2.05, 4.69) is 0 Å². The molecule has 392 valence electrons. The molecule has 0 atom stereocenters. The maximum absolute atomic E-state index is 14.0. The van der Waals surface area contributed by atoms with Crippen molar-refractivity contribution in [2.75, 3.05) is 0 Å². The van der Waals surface area contributed by atoms with Crippen LogP contribution in [-0.2, 0) is 0 Å². The molecule has 0 amide bonds. The third kappa shape index (κ3) is 6.76. The molecule has 0 saturated heterocycles. The second kappa shape index (κ2) is 14.5. The van der Waals surface area contributed by atoms with E-state index in [-0.39, 0.29) is 0 Å². The van der Waals surface area contributed by atoms with Crippen LogP contribution in [0.2, 0.25) is 0 Å². The summed E-state index contributed by atoms with van der Waals surface area (Å²) < 4.78 is 579. The highest BCUT2D eigenvalue weighted by molar-refractivity contribution is 5.23. The maximum atomic E-state index is 14.0. The van der Waals surface area contributed by atoms with Gasteiger partial charge in [-0.25, -0.2) is 0 Å². The van der Waals surface area contributed by atoms with Crippen molar-refractivity contribution in [2.24, 2.45) is 0 Å². The van der Waals surface area contributed by atoms with Crippen molar-refractivity contribution in [1.82, 2.24) is 0 Å². The van der Waals surface area contributed by atoms with Gasteiger partial charge in [-0.15, -0.1) is 0 Å². The predicted molar refractivity (Wildman–Crippen MR) is 107 cm³/mol. The highest BCUT2D eigenvalue weighted by atomic mass is 19.4. The molecule has 0 heterocycles. The summed E-state index contributed by atoms with van der Waals surface area (Å²) in [5.41, 5.74) is 0. The number of aliphatic hydroxyl groups is 1. The molecule has 0 rings (SSSR count). The average molecular weight is 1090 g/mol. The Hall–Kier alpha value is -3.05. The first-order valence-corrected chi connectivity index (χ1v) is 13.3. The van der Waals surface area contributed by atoms with Gasteiger partial charge in [-0.3, -0.25) is 0 Å². The minimum Gasteiger partial charge on any atom is -0.331 e. The van der Waals surface area contributed by atoms with E-state index in [1.807, 2.05) is 0 Å². The number of halogens is 43. The summed E-state index contributed by atoms with van der Waals surface area (Å²) in [7, 11) is 0. The monoisotopic (exact) mass is 1090 g/mol. The van der Waals surface area contributed by atoms with Crippen molar-refractivity contribution >= 4 is 0 Å². The quantitative estimate of drug-likeness (QED) is 0.128. The van der Waals surface area contributed by atoms with Crippen LogP contribution in [0.1, 0.15) is 0 Å². The first-order valence-electron chi connectivity index (χ1n) is 13.3. The largest absolute Gasteiger partial charge is 0.460 e. The van der Waals surface area contributed by atoms with E-state index in [0.29, 0.717) is 0 Å². The van der Waals surface area contributed by atoms with Crippen LogP contribution in [0.5, 0.6) is 0 Å². The van der Waals surface area contributed by atoms with E-state index in [4.69, 9.17) is 5.11 Å². The highest BCUT2D eigenvalue weighted by Crippen LogP contribution is 2.71. The molecule has 0 aromatic carbocycles. The minimum atomic E-state index is -10.7. The summed E-state index contributed by atoms with van der Waals surface area (Å²) in [6, 6.07) is 0. The molecule has 0 aromatic rings. The summed E-state index contributed by atoms with van der Waals surface area (Å²) in [5, 5.41) is 7.44. The van der Waals surface area contributed by atoms with Crippen LogP contribution in [0, 0.1) is 0 Å². The molecule has 0 saturated carbocycles. The third-order valence-corrected chi connectivity index (χ3v) is 7.83. The molecule has 0 aliphatic rings. The molecule has 0 aliphatic heterocycles. The molecule has 0 unspecified atom stereocenters. The average Bonchev–Trinajstić information content (AvgIpc) is 3.05. The standard InChI is InChI=1S/C21HF43O/c22-1(23,2(24,25)4(28,29)6(32,33)8(36,37)10(40,41)12(44,45)14(48,49)16(52,53)18(56,57)20(60,61)62)3(26,27)5(30,31)7(34,35)9(38,39)11(42,43)13(46,47)15(50,51)17(54,55)19(58,59)21(63,64)65/h65H. The molecular weight excluding hydrogens is 1090 g/mol. The van der Waals surface area contributed by atoms with Gasteiger partial charge in [-0.1, -0.05) is 0 Å². The lowest BCUT2D eigenvalue weighted by Crippen LogP contribution is -2.80. The lowest BCUT2D eigenvalue weighted by Gasteiger charge is -2.47. The molecule has 1 N–H and O–H groups in total. The molecule has 44 heteroatoms. The Balaban J connectivity index is 8.03. The fraction of sp³-hybridized carbons (Fsp3) is 1.00. The van der Waals surface area contributed by atoms with Gasteiger partial charge in [-0.05, 0) is 0 Å². The van der Waals surface area contributed by atoms with Gasteiger partial charge in [0.2, 0.25) is 0 Å². The van der Waals surface area contributed by atoms with Gasteiger partial charge in [0.25, 0.3) is 0 Å². The van der Waals surface area contributed by atoms with Gasteiger partial charge >= 0.3 is 125 Å². The molecule has 0 aliphatic carbocycles. The lowest BCUT2D eigenvalue weighted by atomic mass is 9.81. The van der Waals surface area contributed by atoms with Crippen molar-refractivity contribution in [2.45, 2.75) is 125 Å². The van der Waals surface area contributed by atoms with Crippen LogP contribution in [0.15, 0.2) is 0 Å². The van der Waals surface area contributed by atoms with Crippen LogP contribution in [0.25, 0.3) is 0 Å². The smallest absolute Gasteiger partial charge is 0.331 e. The van der Waals surface area contributed by atoms with Crippen molar-refractivity contribution in [3.05, 3.63) is 0 Å². The van der Waals surface area contributed by atoms with Gasteiger partial charge < -0.3 is 5.11 Å². The molecule has 0 bridgehead atoms. The topological polar surface area (TPSA) is 20.2 Å². The van der Waals surface area contributed by atoms with E-state index in [1.54, 1.807) is 0 Å². The Kier molecular flexibility index (Phi) is 13.8. The number of rotatable bonds is 19. The molecule has 0 aromatic heterocycles. The molecule has 1 nitrogen and oxygen atoms in total. The predicted octanol–water partition coefficient (Wildman–Crippen LogP) is 13.2. The Bertz CT molecular complexity index is 1610. The highest BCUT2D eigenvalue weighted by Gasteiger charge is 3.03. The van der Waals surface area contributed by atoms with E-state index in [1.165, 1.54) is 0 Å². The number of hydrogen-bond acceptors (Lipinski definition) is 1. The van der Waals surface area contributed by atoms with Crippen LogP contribution >= 0.6 is 0 Å². The SMILES string of the molecule is OC(F)(F)C(F)(F)C(F)(F)C(F)(F)C(F)(F)C(F)(F)C(F)(F)C(F)(F)C(F)(F)C(F)(F)C(F)(F)C(F)(F)C(F)(F)C(F)(F)C(F)(F)C(F)(F)C(F)(F)C(F)(F)C(F)(F)C(F)(F)C(F)(F)F. The Labute approximate surface area is 320 Å². The zero-order valence-corrected chi connectivity index (χ0v) is 27.2. The summed E-state index contributed by atoms with van der Waals surface area (Å²) >= 11 is 0. The van der Waals surface area contributed by atoms with Crippen LogP contribution in [0.3, 0.4) is 0 Å². The summed E-state index contributed by atoms with van der Waals surface area (Å²) in [6.07, 6.45) is -16.6. The minimum absolute atomic E-state index is 7.44. The van der Waals surface area contributed by atoms with Gasteiger partial charge in [0.1, 0.15) is 0 Å². The second-order valence-electron chi connectivity index (χ2n) is 12.0. The van der Waals surface area contributed by atoms with Gasteiger partial charge in [0.15, 0.2) is 0 Å². The summed E-state index contributed by atoms with van der Waals surface area (Å²) in [4.78, 5) is 0. The molecule has 65 heavy (non-hydrogen) atoms. The van der Waals surface area contributed by atoms with Crippen molar-refractivity contribution in [3.63, 3.8) is 0 Å². The van der Waals surface area contributed by atoms with E-state index >= 15 is 0 Å². The first kappa shape index (κ1) is 62.0. The fourth-order valence-electron chi connectivity index (χ4n) is 3.72. The summed E-state index contributed by atoms with van der Waals surface area (Å²) in [5.74, 6) is -193. The van der Waals surface area contributed by atoms with Crippen LogP contribution < -0.4 is 0 Å². The van der Waals surface area contributed by atoms with Gasteiger partial charge in [0.05, 0.1) is 0 Å². The normalized spacial score (nSPS) is 17.5. The van der Waals surface area contributed by atoms with Gasteiger partial charge in [0, 0.05) is 0 Å². The number of hydrogen-bond donors (Lipinski definition) is 1. The van der Waals surface area contributed by atoms with Crippen molar-refractivity contribution in [1.29, 1.82) is 0 Å². The Morgan fingerprint density at radius 3 is 0.277 bits per heavy atom. The lowest BCUT2D eigenvalue weighted by molar-refractivity contribution is -0.498. The first-order chi connectivity index (χ1) is 27.0. The Morgan fingerprint density at radius 2 is 0.200 bits per heavy atom. The van der Waals surface area contributed by atoms with Crippen LogP contribution in [-0.4, -0.2) is 130 Å². The van der Waals surface area contributed by atoms with E-state index in [0.717, 1.165) is 0 Å². The van der Waals surface area contributed by atoms with Crippen molar-refractivity contribution in [3.8, 4) is 0 Å². The Morgan fingerprint density at radius 1 is 0.123 bits per heavy atom. The fourth-order valence-corrected chi connectivity index (χ4v) is 3.72. The second-order valence-corrected chi connectivity index (χ2v) is 12.0. The zero-order chi connectivity index (χ0) is 54.5. The van der Waals surface area contributed by atoms with E-state index < -0.39 is 125 Å². The van der Waals surface area contributed by atoms with Crippen LogP contribution in [0.4, 0.5) is 189 Å². The molecule has 0 spiro atoms. The molecular formula is C21HF43O. The summed E-state index contributed by atoms with van der Waals surface area (Å²) in [6.45, 7) is 0. The molecule has 0 radical (unpaired) electrons. The van der Waals surface area contributed by atoms with E-state index in [9.17, 15) is 189 Å². The maximum Gasteiger partial charge on any atom is 0.460 e. The number of alkyl halides is 43. The molecule has 0 fully saturated rings.